The normalized spacial score (nSPS) is 10.7. The van der Waals surface area contributed by atoms with Crippen LogP contribution in [-0.4, -0.2) is 9.13 Å². The molecule has 0 aliphatic carbocycles. The molecule has 23 heavy (non-hydrogen) atoms. The molecule has 0 N–H and O–H groups in total. The molecule has 0 aliphatic rings. The first-order valence-electron chi connectivity index (χ1n) is 7.18. The minimum absolute atomic E-state index is 0.366. The third-order valence-electron chi connectivity index (χ3n) is 3.62. The van der Waals surface area contributed by atoms with Gasteiger partial charge in [0.1, 0.15) is 0 Å². The monoisotopic (exact) mass is 326 g/mol. The zero-order valence-electron chi connectivity index (χ0n) is 12.6. The highest BCUT2D eigenvalue weighted by Gasteiger charge is 2.07. The van der Waals surface area contributed by atoms with E-state index in [1.165, 1.54) is 9.13 Å². The summed E-state index contributed by atoms with van der Waals surface area (Å²) in [7, 11) is 0. The first-order valence-corrected chi connectivity index (χ1v) is 7.56. The van der Waals surface area contributed by atoms with Crippen molar-refractivity contribution < 1.29 is 0 Å². The van der Waals surface area contributed by atoms with Gasteiger partial charge in [-0.25, -0.2) is 0 Å². The SMILES string of the molecule is Cc1ccc(Cn2ccn(-c3cccc(Cl)c3)c(=O)c2=O)cc1. The van der Waals surface area contributed by atoms with Gasteiger partial charge in [0.2, 0.25) is 0 Å². The summed E-state index contributed by atoms with van der Waals surface area (Å²) < 4.78 is 2.72. The quantitative estimate of drug-likeness (QED) is 0.694. The molecule has 0 saturated heterocycles. The Kier molecular flexibility index (Phi) is 4.17. The van der Waals surface area contributed by atoms with Crippen molar-refractivity contribution in [2.45, 2.75) is 13.5 Å². The number of hydrogen-bond acceptors (Lipinski definition) is 2. The predicted molar refractivity (Wildman–Crippen MR) is 91.6 cm³/mol. The van der Waals surface area contributed by atoms with E-state index in [0.29, 0.717) is 17.3 Å². The molecule has 0 atom stereocenters. The van der Waals surface area contributed by atoms with E-state index in [1.54, 1.807) is 36.7 Å². The highest BCUT2D eigenvalue weighted by molar-refractivity contribution is 6.30. The average Bonchev–Trinajstić information content (AvgIpc) is 2.54. The molecule has 2 aromatic carbocycles. The lowest BCUT2D eigenvalue weighted by atomic mass is 10.1. The van der Waals surface area contributed by atoms with Gasteiger partial charge in [-0.05, 0) is 30.7 Å². The third-order valence-corrected chi connectivity index (χ3v) is 3.85. The fourth-order valence-corrected chi connectivity index (χ4v) is 2.54. The van der Waals surface area contributed by atoms with Crippen LogP contribution in [0.3, 0.4) is 0 Å². The van der Waals surface area contributed by atoms with Crippen LogP contribution in [0.4, 0.5) is 0 Å². The number of aryl methyl sites for hydroxylation is 1. The Bertz CT molecular complexity index is 956. The molecule has 0 spiro atoms. The molecule has 3 rings (SSSR count). The van der Waals surface area contributed by atoms with Crippen LogP contribution < -0.4 is 11.1 Å². The van der Waals surface area contributed by atoms with Gasteiger partial charge in [0.25, 0.3) is 0 Å². The molecule has 1 aromatic heterocycles. The summed E-state index contributed by atoms with van der Waals surface area (Å²) >= 11 is 5.94. The van der Waals surface area contributed by atoms with E-state index in [0.717, 1.165) is 11.1 Å². The molecule has 4 nitrogen and oxygen atoms in total. The molecule has 3 aromatic rings. The summed E-state index contributed by atoms with van der Waals surface area (Å²) in [6.07, 6.45) is 3.20. The van der Waals surface area contributed by atoms with Crippen LogP contribution in [0.5, 0.6) is 0 Å². The van der Waals surface area contributed by atoms with Gasteiger partial charge in [-0.2, -0.15) is 0 Å². The lowest BCUT2D eigenvalue weighted by Crippen LogP contribution is -2.40. The molecule has 0 saturated carbocycles. The van der Waals surface area contributed by atoms with E-state index in [9.17, 15) is 9.59 Å². The van der Waals surface area contributed by atoms with E-state index < -0.39 is 11.1 Å². The Labute approximate surface area is 138 Å². The Hall–Kier alpha value is -2.59. The maximum atomic E-state index is 12.3. The zero-order chi connectivity index (χ0) is 16.4. The van der Waals surface area contributed by atoms with Crippen molar-refractivity contribution in [2.75, 3.05) is 0 Å². The highest BCUT2D eigenvalue weighted by Crippen LogP contribution is 2.12. The number of hydrogen-bond donors (Lipinski definition) is 0. The number of benzene rings is 2. The van der Waals surface area contributed by atoms with Crippen LogP contribution in [0.25, 0.3) is 5.69 Å². The van der Waals surface area contributed by atoms with Crippen LogP contribution in [0.2, 0.25) is 5.02 Å². The fraction of sp³-hybridized carbons (Fsp3) is 0.111. The summed E-state index contributed by atoms with van der Waals surface area (Å²) in [6.45, 7) is 2.37. The van der Waals surface area contributed by atoms with Crippen LogP contribution in [0.15, 0.2) is 70.5 Å². The first kappa shape index (κ1) is 15.3. The van der Waals surface area contributed by atoms with Gasteiger partial charge < -0.3 is 4.57 Å². The molecule has 116 valence electrons. The van der Waals surface area contributed by atoms with Crippen LogP contribution in [0, 0.1) is 6.92 Å². The van der Waals surface area contributed by atoms with Crippen molar-refractivity contribution in [2.24, 2.45) is 0 Å². The smallest absolute Gasteiger partial charge is 0.305 e. The Morgan fingerprint density at radius 1 is 0.957 bits per heavy atom. The van der Waals surface area contributed by atoms with Gasteiger partial charge in [0.05, 0.1) is 12.2 Å². The van der Waals surface area contributed by atoms with Gasteiger partial charge in [-0.15, -0.1) is 0 Å². The van der Waals surface area contributed by atoms with E-state index in [2.05, 4.69) is 0 Å². The molecule has 1 heterocycles. The molecule has 0 unspecified atom stereocenters. The topological polar surface area (TPSA) is 44.0 Å². The minimum Gasteiger partial charge on any atom is -0.305 e. The van der Waals surface area contributed by atoms with Crippen LogP contribution >= 0.6 is 11.6 Å². The molecule has 5 heteroatoms. The second-order valence-corrected chi connectivity index (χ2v) is 5.81. The molecular formula is C18H15ClN2O2. The van der Waals surface area contributed by atoms with Gasteiger partial charge in [0.15, 0.2) is 0 Å². The van der Waals surface area contributed by atoms with E-state index in [-0.39, 0.29) is 0 Å². The molecule has 0 radical (unpaired) electrons. The lowest BCUT2D eigenvalue weighted by molar-refractivity contribution is 0.718. The van der Waals surface area contributed by atoms with Gasteiger partial charge in [0, 0.05) is 17.4 Å². The predicted octanol–water partition coefficient (Wildman–Crippen LogP) is 3.01. The van der Waals surface area contributed by atoms with Crippen molar-refractivity contribution in [1.29, 1.82) is 0 Å². The van der Waals surface area contributed by atoms with E-state index in [1.807, 2.05) is 31.2 Å². The number of halogens is 1. The van der Waals surface area contributed by atoms with Crippen molar-refractivity contribution in [1.82, 2.24) is 9.13 Å². The molecule has 0 fully saturated rings. The summed E-state index contributed by atoms with van der Waals surface area (Å²) in [5, 5.41) is 0.512. The maximum Gasteiger partial charge on any atom is 0.320 e. The van der Waals surface area contributed by atoms with E-state index >= 15 is 0 Å². The molecule has 0 aliphatic heterocycles. The van der Waals surface area contributed by atoms with Gasteiger partial charge in [-0.3, -0.25) is 14.2 Å². The fourth-order valence-electron chi connectivity index (χ4n) is 2.35. The Balaban J connectivity index is 1.99. The second kappa shape index (κ2) is 6.26. The summed E-state index contributed by atoms with van der Waals surface area (Å²) in [5.41, 5.74) is 1.53. The van der Waals surface area contributed by atoms with Crippen LogP contribution in [0.1, 0.15) is 11.1 Å². The lowest BCUT2D eigenvalue weighted by Gasteiger charge is -2.09. The third kappa shape index (κ3) is 3.27. The number of aromatic nitrogens is 2. The largest absolute Gasteiger partial charge is 0.320 e. The zero-order valence-corrected chi connectivity index (χ0v) is 13.3. The average molecular weight is 327 g/mol. The van der Waals surface area contributed by atoms with Crippen molar-refractivity contribution >= 4 is 11.6 Å². The minimum atomic E-state index is -0.595. The number of nitrogens with zero attached hydrogens (tertiary/aromatic N) is 2. The molecular weight excluding hydrogens is 312 g/mol. The maximum absolute atomic E-state index is 12.3. The van der Waals surface area contributed by atoms with Crippen molar-refractivity contribution in [3.63, 3.8) is 0 Å². The first-order chi connectivity index (χ1) is 11.0. The number of rotatable bonds is 3. The van der Waals surface area contributed by atoms with Gasteiger partial charge >= 0.3 is 11.1 Å². The van der Waals surface area contributed by atoms with Crippen LogP contribution in [-0.2, 0) is 6.54 Å². The summed E-state index contributed by atoms with van der Waals surface area (Å²) in [6, 6.07) is 14.7. The van der Waals surface area contributed by atoms with Crippen molar-refractivity contribution in [3.8, 4) is 5.69 Å². The summed E-state index contributed by atoms with van der Waals surface area (Å²) in [5.74, 6) is 0. The Morgan fingerprint density at radius 2 is 1.70 bits per heavy atom. The highest BCUT2D eigenvalue weighted by atomic mass is 35.5. The standard InChI is InChI=1S/C18H15ClN2O2/c1-13-5-7-14(8-6-13)12-20-9-10-21(18(23)17(20)22)16-4-2-3-15(19)11-16/h2-11H,12H2,1H3. The van der Waals surface area contributed by atoms with Gasteiger partial charge in [-0.1, -0.05) is 47.5 Å². The Morgan fingerprint density at radius 3 is 2.39 bits per heavy atom. The summed E-state index contributed by atoms with van der Waals surface area (Å²) in [4.78, 5) is 24.6. The molecule has 0 bridgehead atoms. The van der Waals surface area contributed by atoms with E-state index in [4.69, 9.17) is 11.6 Å². The molecule has 0 amide bonds. The van der Waals surface area contributed by atoms with Crippen molar-refractivity contribution in [3.05, 3.63) is 97.8 Å². The second-order valence-electron chi connectivity index (χ2n) is 5.37.